The largest absolute Gasteiger partial charge is 0.381 e. The fourth-order valence-corrected chi connectivity index (χ4v) is 2.75. The Morgan fingerprint density at radius 2 is 2.04 bits per heavy atom. The fraction of sp³-hybridized carbons (Fsp3) is 0.0588. The maximum Gasteiger partial charge on any atom is 0.175 e. The number of hydrogen-bond acceptors (Lipinski definition) is 5. The van der Waals surface area contributed by atoms with Gasteiger partial charge in [0.15, 0.2) is 11.5 Å². The molecule has 4 rings (SSSR count). The summed E-state index contributed by atoms with van der Waals surface area (Å²) in [5, 5.41) is 13.5. The van der Waals surface area contributed by atoms with Crippen LogP contribution in [0.3, 0.4) is 0 Å². The Kier molecular flexibility index (Phi) is 3.03. The van der Waals surface area contributed by atoms with Crippen molar-refractivity contribution in [2.75, 3.05) is 5.73 Å². The van der Waals surface area contributed by atoms with Gasteiger partial charge in [-0.15, -0.1) is 5.10 Å². The molecule has 0 atom stereocenters. The highest BCUT2D eigenvalue weighted by atomic mass is 15.3. The summed E-state index contributed by atoms with van der Waals surface area (Å²) >= 11 is 0. The van der Waals surface area contributed by atoms with Gasteiger partial charge in [-0.1, -0.05) is 12.1 Å². The lowest BCUT2D eigenvalue weighted by Gasteiger charge is -2.09. The van der Waals surface area contributed by atoms with Crippen LogP contribution in [0.15, 0.2) is 48.9 Å². The van der Waals surface area contributed by atoms with Crippen LogP contribution in [0.1, 0.15) is 11.4 Å². The number of rotatable bonds is 2. The maximum absolute atomic E-state index is 9.23. The number of fused-ring (bicyclic) bond motifs is 1. The molecule has 1 aromatic carbocycles. The van der Waals surface area contributed by atoms with Gasteiger partial charge in [-0.3, -0.25) is 0 Å². The minimum absolute atomic E-state index is 0.180. The number of nitrogens with two attached hydrogens (primary N) is 1. The van der Waals surface area contributed by atoms with Crippen molar-refractivity contribution < 1.29 is 0 Å². The lowest BCUT2D eigenvalue weighted by molar-refractivity contribution is 0.949. The number of benzene rings is 1. The Balaban J connectivity index is 1.93. The van der Waals surface area contributed by atoms with Crippen molar-refractivity contribution in [2.45, 2.75) is 6.92 Å². The van der Waals surface area contributed by atoms with E-state index in [0.717, 1.165) is 22.8 Å². The molecule has 0 unspecified atom stereocenters. The first-order chi connectivity index (χ1) is 11.7. The zero-order valence-electron chi connectivity index (χ0n) is 12.9. The van der Waals surface area contributed by atoms with Gasteiger partial charge in [-0.05, 0) is 25.1 Å². The molecule has 0 fully saturated rings. The Labute approximate surface area is 137 Å². The molecule has 0 bridgehead atoms. The quantitative estimate of drug-likeness (QED) is 0.612. The van der Waals surface area contributed by atoms with Gasteiger partial charge in [0, 0.05) is 29.8 Å². The van der Waals surface area contributed by atoms with Crippen molar-refractivity contribution >= 4 is 11.5 Å². The first-order valence-electron chi connectivity index (χ1n) is 7.33. The average molecular weight is 315 g/mol. The summed E-state index contributed by atoms with van der Waals surface area (Å²) in [5.41, 5.74) is 9.33. The molecule has 0 saturated heterocycles. The van der Waals surface area contributed by atoms with Crippen LogP contribution in [0.4, 0.5) is 5.82 Å². The smallest absolute Gasteiger partial charge is 0.175 e. The second kappa shape index (κ2) is 5.21. The fourth-order valence-electron chi connectivity index (χ4n) is 2.75. The third-order valence-corrected chi connectivity index (χ3v) is 3.90. The second-order valence-electron chi connectivity index (χ2n) is 5.33. The number of hydrogen-bond donors (Lipinski definition) is 1. The summed E-state index contributed by atoms with van der Waals surface area (Å²) in [5.74, 6) is 1.08. The van der Waals surface area contributed by atoms with Gasteiger partial charge < -0.3 is 10.3 Å². The standard InChI is InChI=1S/C17H13N7/c1-11-20-7-8-23(11)13-4-2-3-12(9-13)15-5-6-21-17-14(10-18)16(19)22-24(15)17/h2-9H,1H3,(H2,19,22). The van der Waals surface area contributed by atoms with Crippen molar-refractivity contribution in [3.05, 3.63) is 60.3 Å². The van der Waals surface area contributed by atoms with Crippen LogP contribution in [-0.2, 0) is 0 Å². The molecule has 2 N–H and O–H groups in total. The van der Waals surface area contributed by atoms with Crippen LogP contribution in [0.5, 0.6) is 0 Å². The van der Waals surface area contributed by atoms with Crippen LogP contribution in [0.25, 0.3) is 22.6 Å². The van der Waals surface area contributed by atoms with E-state index in [4.69, 9.17) is 5.73 Å². The van der Waals surface area contributed by atoms with Crippen LogP contribution in [0.2, 0.25) is 0 Å². The zero-order chi connectivity index (χ0) is 16.7. The number of nitrogen functional groups attached to an aromatic ring is 1. The minimum atomic E-state index is 0.180. The molecule has 7 heteroatoms. The molecule has 0 aliphatic heterocycles. The van der Waals surface area contributed by atoms with E-state index in [1.54, 1.807) is 16.9 Å². The van der Waals surface area contributed by atoms with E-state index in [2.05, 4.69) is 21.1 Å². The number of anilines is 1. The molecule has 0 radical (unpaired) electrons. The van der Waals surface area contributed by atoms with E-state index in [1.807, 2.05) is 48.0 Å². The van der Waals surface area contributed by atoms with Gasteiger partial charge in [-0.2, -0.15) is 5.26 Å². The Morgan fingerprint density at radius 1 is 1.17 bits per heavy atom. The van der Waals surface area contributed by atoms with E-state index in [-0.39, 0.29) is 5.82 Å². The number of aryl methyl sites for hydroxylation is 1. The zero-order valence-corrected chi connectivity index (χ0v) is 12.9. The molecule has 3 heterocycles. The van der Waals surface area contributed by atoms with Crippen LogP contribution < -0.4 is 5.73 Å². The Bertz CT molecular complexity index is 1100. The normalized spacial score (nSPS) is 10.8. The van der Waals surface area contributed by atoms with Gasteiger partial charge in [0.1, 0.15) is 17.5 Å². The van der Waals surface area contributed by atoms with E-state index in [0.29, 0.717) is 11.2 Å². The minimum Gasteiger partial charge on any atom is -0.381 e. The number of nitriles is 1. The SMILES string of the molecule is Cc1nccn1-c1cccc(-c2ccnc3c(C#N)c(N)nn23)c1. The molecular formula is C17H13N7. The highest BCUT2D eigenvalue weighted by molar-refractivity contribution is 5.71. The first-order valence-corrected chi connectivity index (χ1v) is 7.33. The van der Waals surface area contributed by atoms with Crippen molar-refractivity contribution in [1.29, 1.82) is 5.26 Å². The molecule has 7 nitrogen and oxygen atoms in total. The number of nitrogens with zero attached hydrogens (tertiary/aromatic N) is 6. The molecule has 0 aliphatic rings. The summed E-state index contributed by atoms with van der Waals surface area (Å²) in [4.78, 5) is 8.48. The summed E-state index contributed by atoms with van der Waals surface area (Å²) in [6, 6.07) is 11.9. The second-order valence-corrected chi connectivity index (χ2v) is 5.33. The van der Waals surface area contributed by atoms with Crippen LogP contribution >= 0.6 is 0 Å². The summed E-state index contributed by atoms with van der Waals surface area (Å²) < 4.78 is 3.60. The molecule has 24 heavy (non-hydrogen) atoms. The van der Waals surface area contributed by atoms with Gasteiger partial charge in [-0.25, -0.2) is 14.5 Å². The van der Waals surface area contributed by atoms with E-state index >= 15 is 0 Å². The van der Waals surface area contributed by atoms with Crippen molar-refractivity contribution in [3.8, 4) is 23.0 Å². The lowest BCUT2D eigenvalue weighted by atomic mass is 10.1. The van der Waals surface area contributed by atoms with E-state index < -0.39 is 0 Å². The van der Waals surface area contributed by atoms with Crippen LogP contribution in [-0.4, -0.2) is 24.1 Å². The molecule has 0 saturated carbocycles. The Morgan fingerprint density at radius 3 is 2.79 bits per heavy atom. The van der Waals surface area contributed by atoms with Crippen molar-refractivity contribution in [3.63, 3.8) is 0 Å². The summed E-state index contributed by atoms with van der Waals surface area (Å²) in [6.07, 6.45) is 5.33. The van der Waals surface area contributed by atoms with Gasteiger partial charge >= 0.3 is 0 Å². The average Bonchev–Trinajstić information content (AvgIpc) is 3.16. The maximum atomic E-state index is 9.23. The van der Waals surface area contributed by atoms with Gasteiger partial charge in [0.2, 0.25) is 0 Å². The number of aromatic nitrogens is 5. The first kappa shape index (κ1) is 14.0. The van der Waals surface area contributed by atoms with Gasteiger partial charge in [0.05, 0.1) is 5.69 Å². The number of imidazole rings is 1. The van der Waals surface area contributed by atoms with Gasteiger partial charge in [0.25, 0.3) is 0 Å². The molecule has 116 valence electrons. The van der Waals surface area contributed by atoms with Crippen LogP contribution in [0, 0.1) is 18.3 Å². The Hall–Kier alpha value is -3.66. The van der Waals surface area contributed by atoms with E-state index in [9.17, 15) is 5.26 Å². The third-order valence-electron chi connectivity index (χ3n) is 3.90. The summed E-state index contributed by atoms with van der Waals surface area (Å²) in [6.45, 7) is 1.95. The predicted molar refractivity (Wildman–Crippen MR) is 89.4 cm³/mol. The van der Waals surface area contributed by atoms with E-state index in [1.165, 1.54) is 0 Å². The molecule has 3 aromatic heterocycles. The third kappa shape index (κ3) is 2.01. The van der Waals surface area contributed by atoms with Crippen molar-refractivity contribution in [2.24, 2.45) is 0 Å². The molecule has 0 aliphatic carbocycles. The molecule has 0 amide bonds. The topological polar surface area (TPSA) is 97.8 Å². The molecule has 4 aromatic rings. The highest BCUT2D eigenvalue weighted by Crippen LogP contribution is 2.25. The predicted octanol–water partition coefficient (Wildman–Crippen LogP) is 2.34. The lowest BCUT2D eigenvalue weighted by Crippen LogP contribution is -1.99. The highest BCUT2D eigenvalue weighted by Gasteiger charge is 2.14. The molecular weight excluding hydrogens is 302 g/mol. The molecule has 0 spiro atoms. The van der Waals surface area contributed by atoms with Crippen molar-refractivity contribution in [1.82, 2.24) is 24.1 Å². The summed E-state index contributed by atoms with van der Waals surface area (Å²) in [7, 11) is 0. The monoisotopic (exact) mass is 315 g/mol.